The Labute approximate surface area is 198 Å². The number of nitrogens with zero attached hydrogens (tertiary/aromatic N) is 1. The number of halogens is 2. The molecule has 1 saturated heterocycles. The predicted octanol–water partition coefficient (Wildman–Crippen LogP) is 7.06. The van der Waals surface area contributed by atoms with Crippen molar-refractivity contribution in [1.82, 2.24) is 4.98 Å². The molecule has 32 heavy (non-hydrogen) atoms. The number of hydrogen-bond acceptors (Lipinski definition) is 4. The molecule has 3 nitrogen and oxygen atoms in total. The van der Waals surface area contributed by atoms with Crippen LogP contribution in [0.15, 0.2) is 48.7 Å². The standard InChI is InChI=1S/C26H29ClFNO2S/c1-5-23-16(3)15(2)17(4)26(30,31-23)20-7-9-22(27)19(12-20)13-21-8-10-24(32-21)18-6-11-25(28)29-14-18/h6-12,14-17,23,30H,5,13H2,1-4H3/t15-,16-,17+,23+,26?/m0/s1. The minimum Gasteiger partial charge on any atom is -0.362 e. The van der Waals surface area contributed by atoms with Crippen LogP contribution >= 0.6 is 22.9 Å². The Bertz CT molecular complexity index is 1080. The fraction of sp³-hybridized carbons (Fsp3) is 0.423. The van der Waals surface area contributed by atoms with Crippen LogP contribution in [0.3, 0.4) is 0 Å². The average Bonchev–Trinajstić information content (AvgIpc) is 3.25. The van der Waals surface area contributed by atoms with Gasteiger partial charge in [0.05, 0.1) is 6.10 Å². The average molecular weight is 474 g/mol. The molecule has 3 heterocycles. The van der Waals surface area contributed by atoms with E-state index in [-0.39, 0.29) is 12.0 Å². The smallest absolute Gasteiger partial charge is 0.212 e. The zero-order valence-corrected chi connectivity index (χ0v) is 20.4. The Hall–Kier alpha value is -1.79. The third-order valence-corrected chi connectivity index (χ3v) is 8.56. The Morgan fingerprint density at radius 1 is 1.12 bits per heavy atom. The van der Waals surface area contributed by atoms with Crippen molar-refractivity contribution in [3.05, 3.63) is 75.6 Å². The van der Waals surface area contributed by atoms with Crippen molar-refractivity contribution >= 4 is 22.9 Å². The van der Waals surface area contributed by atoms with E-state index in [0.717, 1.165) is 32.9 Å². The van der Waals surface area contributed by atoms with Crippen molar-refractivity contribution in [3.8, 4) is 10.4 Å². The second-order valence-corrected chi connectivity index (χ2v) is 10.5. The van der Waals surface area contributed by atoms with E-state index < -0.39 is 11.7 Å². The summed E-state index contributed by atoms with van der Waals surface area (Å²) in [5.74, 6) is -1.17. The fourth-order valence-electron chi connectivity index (χ4n) is 4.65. The van der Waals surface area contributed by atoms with Crippen LogP contribution in [0, 0.1) is 23.7 Å². The molecular formula is C26H29ClFNO2S. The van der Waals surface area contributed by atoms with Gasteiger partial charge >= 0.3 is 0 Å². The number of pyridine rings is 1. The van der Waals surface area contributed by atoms with Gasteiger partial charge in [-0.25, -0.2) is 4.98 Å². The summed E-state index contributed by atoms with van der Waals surface area (Å²) >= 11 is 8.17. The molecule has 1 N–H and O–H groups in total. The molecule has 0 radical (unpaired) electrons. The lowest BCUT2D eigenvalue weighted by Gasteiger charge is -2.49. The van der Waals surface area contributed by atoms with Gasteiger partial charge in [0.25, 0.3) is 0 Å². The lowest BCUT2D eigenvalue weighted by molar-refractivity contribution is -0.316. The van der Waals surface area contributed by atoms with Gasteiger partial charge < -0.3 is 9.84 Å². The number of hydrogen-bond donors (Lipinski definition) is 1. The monoisotopic (exact) mass is 473 g/mol. The molecule has 3 aromatic rings. The number of rotatable bonds is 5. The summed E-state index contributed by atoms with van der Waals surface area (Å²) in [6.07, 6.45) is 3.05. The van der Waals surface area contributed by atoms with E-state index in [1.54, 1.807) is 23.6 Å². The molecule has 1 aliphatic heterocycles. The molecular weight excluding hydrogens is 445 g/mol. The van der Waals surface area contributed by atoms with Crippen LogP contribution in [0.25, 0.3) is 10.4 Å². The van der Waals surface area contributed by atoms with Crippen molar-refractivity contribution < 1.29 is 14.2 Å². The number of aliphatic hydroxyl groups is 1. The number of thiophene rings is 1. The first-order valence-electron chi connectivity index (χ1n) is 11.1. The van der Waals surface area contributed by atoms with Gasteiger partial charge in [-0.2, -0.15) is 4.39 Å². The van der Waals surface area contributed by atoms with Crippen molar-refractivity contribution in [2.75, 3.05) is 0 Å². The largest absolute Gasteiger partial charge is 0.362 e. The molecule has 5 atom stereocenters. The van der Waals surface area contributed by atoms with E-state index in [9.17, 15) is 9.50 Å². The van der Waals surface area contributed by atoms with E-state index >= 15 is 0 Å². The molecule has 4 rings (SSSR count). The lowest BCUT2D eigenvalue weighted by atomic mass is 9.72. The molecule has 0 aliphatic carbocycles. The third-order valence-electron chi connectivity index (χ3n) is 7.05. The van der Waals surface area contributed by atoms with E-state index in [4.69, 9.17) is 16.3 Å². The van der Waals surface area contributed by atoms with Crippen LogP contribution in [0.4, 0.5) is 4.39 Å². The molecule has 0 amide bonds. The van der Waals surface area contributed by atoms with Crippen LogP contribution in [-0.2, 0) is 16.9 Å². The zero-order chi connectivity index (χ0) is 23.0. The van der Waals surface area contributed by atoms with E-state index in [1.165, 1.54) is 6.07 Å². The first-order chi connectivity index (χ1) is 15.2. The molecule has 1 fully saturated rings. The number of benzene rings is 1. The minimum atomic E-state index is -1.34. The van der Waals surface area contributed by atoms with Gasteiger partial charge in [0.1, 0.15) is 0 Å². The van der Waals surface area contributed by atoms with Gasteiger partial charge in [0, 0.05) is 44.4 Å². The summed E-state index contributed by atoms with van der Waals surface area (Å²) in [6.45, 7) is 8.55. The maximum Gasteiger partial charge on any atom is 0.212 e. The highest BCUT2D eigenvalue weighted by Gasteiger charge is 2.49. The normalized spacial score (nSPS) is 28.1. The van der Waals surface area contributed by atoms with Crippen LogP contribution in [0.1, 0.15) is 50.1 Å². The number of aromatic nitrogens is 1. The summed E-state index contributed by atoms with van der Waals surface area (Å²) < 4.78 is 19.4. The first kappa shape index (κ1) is 23.4. The van der Waals surface area contributed by atoms with E-state index in [2.05, 4.69) is 38.7 Å². The molecule has 0 spiro atoms. The summed E-state index contributed by atoms with van der Waals surface area (Å²) in [7, 11) is 0. The van der Waals surface area contributed by atoms with Gasteiger partial charge in [-0.1, -0.05) is 45.4 Å². The molecule has 0 bridgehead atoms. The summed E-state index contributed by atoms with van der Waals surface area (Å²) in [6, 6.07) is 12.9. The summed E-state index contributed by atoms with van der Waals surface area (Å²) in [4.78, 5) is 5.89. The predicted molar refractivity (Wildman–Crippen MR) is 128 cm³/mol. The Morgan fingerprint density at radius 3 is 2.59 bits per heavy atom. The number of ether oxygens (including phenoxy) is 1. The molecule has 1 aliphatic rings. The maximum absolute atomic E-state index is 13.1. The quantitative estimate of drug-likeness (QED) is 0.403. The summed E-state index contributed by atoms with van der Waals surface area (Å²) in [5.41, 5.74) is 2.58. The van der Waals surface area contributed by atoms with Gasteiger partial charge in [-0.15, -0.1) is 11.3 Å². The Morgan fingerprint density at radius 2 is 1.91 bits per heavy atom. The van der Waals surface area contributed by atoms with Gasteiger partial charge in [0.2, 0.25) is 5.95 Å². The third kappa shape index (κ3) is 4.36. The molecule has 1 aromatic carbocycles. The van der Waals surface area contributed by atoms with Gasteiger partial charge in [-0.05, 0) is 60.2 Å². The minimum absolute atomic E-state index is 0.00880. The SMILES string of the molecule is CC[C@H]1OC(O)(c2ccc(Cl)c(Cc3ccc(-c4ccc(F)nc4)s3)c2)[C@H](C)[C@@H](C)[C@@H]1C. The van der Waals surface area contributed by atoms with Crippen LogP contribution in [0.5, 0.6) is 0 Å². The Balaban J connectivity index is 1.61. The lowest BCUT2D eigenvalue weighted by Crippen LogP contribution is -2.51. The first-order valence-corrected chi connectivity index (χ1v) is 12.3. The highest BCUT2D eigenvalue weighted by Crippen LogP contribution is 2.47. The van der Waals surface area contributed by atoms with Gasteiger partial charge in [-0.3, -0.25) is 0 Å². The van der Waals surface area contributed by atoms with Crippen molar-refractivity contribution in [2.24, 2.45) is 17.8 Å². The highest BCUT2D eigenvalue weighted by molar-refractivity contribution is 7.15. The van der Waals surface area contributed by atoms with Gasteiger partial charge in [0.15, 0.2) is 5.79 Å². The molecule has 0 saturated carbocycles. The molecule has 170 valence electrons. The van der Waals surface area contributed by atoms with Crippen LogP contribution in [0.2, 0.25) is 5.02 Å². The topological polar surface area (TPSA) is 42.4 Å². The molecule has 2 aromatic heterocycles. The van der Waals surface area contributed by atoms with Crippen LogP contribution in [-0.4, -0.2) is 16.2 Å². The molecule has 6 heteroatoms. The van der Waals surface area contributed by atoms with Crippen molar-refractivity contribution in [1.29, 1.82) is 0 Å². The maximum atomic E-state index is 13.1. The fourth-order valence-corrected chi connectivity index (χ4v) is 5.86. The molecule has 1 unspecified atom stereocenters. The van der Waals surface area contributed by atoms with Crippen molar-refractivity contribution in [2.45, 2.75) is 52.4 Å². The van der Waals surface area contributed by atoms with Crippen molar-refractivity contribution in [3.63, 3.8) is 0 Å². The highest BCUT2D eigenvalue weighted by atomic mass is 35.5. The zero-order valence-electron chi connectivity index (χ0n) is 18.8. The Kier molecular flexibility index (Phi) is 6.73. The second-order valence-electron chi connectivity index (χ2n) is 8.89. The van der Waals surface area contributed by atoms with E-state index in [1.807, 2.05) is 24.3 Å². The second kappa shape index (κ2) is 9.22. The van der Waals surface area contributed by atoms with E-state index in [0.29, 0.717) is 23.3 Å². The van der Waals surface area contributed by atoms with Crippen LogP contribution < -0.4 is 0 Å². The summed E-state index contributed by atoms with van der Waals surface area (Å²) in [5, 5.41) is 12.3.